The molecule has 0 amide bonds. The second-order valence-electron chi connectivity index (χ2n) is 5.43. The highest BCUT2D eigenvalue weighted by Gasteiger charge is 2.35. The summed E-state index contributed by atoms with van der Waals surface area (Å²) >= 11 is 0. The van der Waals surface area contributed by atoms with Crippen molar-refractivity contribution in [2.24, 2.45) is 0 Å². The number of benzene rings is 1. The molecule has 1 aliphatic rings. The molecule has 1 aliphatic heterocycles. The number of fused-ring (bicyclic) bond motifs is 1. The number of nitrogens with zero attached hydrogens (tertiary/aromatic N) is 3. The number of ether oxygens (including phenoxy) is 1. The van der Waals surface area contributed by atoms with Crippen molar-refractivity contribution >= 4 is 11.5 Å². The number of hydrogen-bond donors (Lipinski definition) is 1. The smallest absolute Gasteiger partial charge is 0.170 e. The summed E-state index contributed by atoms with van der Waals surface area (Å²) in [6, 6.07) is 9.93. The summed E-state index contributed by atoms with van der Waals surface area (Å²) in [6.07, 6.45) is 0.996. The average molecular weight is 306 g/mol. The molecule has 1 aromatic carbocycles. The monoisotopic (exact) mass is 306 g/mol. The topological polar surface area (TPSA) is 110 Å². The molecule has 23 heavy (non-hydrogen) atoms. The lowest BCUT2D eigenvalue weighted by molar-refractivity contribution is 0.0499. The SMILES string of the molecule is CCC1(C)CC(=O)c2cc(NC(C#N)=C(C#N)C#N)ccc2O1. The van der Waals surface area contributed by atoms with E-state index in [0.29, 0.717) is 23.4 Å². The standard InChI is InChI=1S/C17H14N4O2/c1-3-17(2)7-15(22)13-6-12(4-5-16(13)23-17)21-14(10-20)11(8-18)9-19/h4-6,21H,3,7H2,1-2H3. The van der Waals surface area contributed by atoms with Crippen LogP contribution in [0.4, 0.5) is 5.69 Å². The largest absolute Gasteiger partial charge is 0.486 e. The van der Waals surface area contributed by atoms with Crippen LogP contribution in [0.3, 0.4) is 0 Å². The van der Waals surface area contributed by atoms with Crippen LogP contribution < -0.4 is 10.1 Å². The normalized spacial score (nSPS) is 18.5. The zero-order valence-electron chi connectivity index (χ0n) is 12.8. The second-order valence-corrected chi connectivity index (χ2v) is 5.43. The van der Waals surface area contributed by atoms with Gasteiger partial charge in [-0.2, -0.15) is 15.8 Å². The van der Waals surface area contributed by atoms with Gasteiger partial charge in [0.1, 0.15) is 35.3 Å². The van der Waals surface area contributed by atoms with E-state index in [9.17, 15) is 4.79 Å². The highest BCUT2D eigenvalue weighted by Crippen LogP contribution is 2.36. The molecule has 114 valence electrons. The van der Waals surface area contributed by atoms with Gasteiger partial charge in [0.05, 0.1) is 12.0 Å². The van der Waals surface area contributed by atoms with Gasteiger partial charge in [0.2, 0.25) is 0 Å². The molecule has 1 unspecified atom stereocenters. The molecule has 0 aliphatic carbocycles. The molecular weight excluding hydrogens is 292 g/mol. The Labute approximate surface area is 134 Å². The molecule has 0 fully saturated rings. The molecule has 0 saturated carbocycles. The van der Waals surface area contributed by atoms with Crippen molar-refractivity contribution in [2.75, 3.05) is 5.32 Å². The summed E-state index contributed by atoms with van der Waals surface area (Å²) in [7, 11) is 0. The fraction of sp³-hybridized carbons (Fsp3) is 0.294. The lowest BCUT2D eigenvalue weighted by Gasteiger charge is -2.34. The minimum atomic E-state index is -0.508. The predicted molar refractivity (Wildman–Crippen MR) is 82.2 cm³/mol. The van der Waals surface area contributed by atoms with Crippen molar-refractivity contribution < 1.29 is 9.53 Å². The Kier molecular flexibility index (Phi) is 4.35. The predicted octanol–water partition coefficient (Wildman–Crippen LogP) is 3.06. The van der Waals surface area contributed by atoms with Gasteiger partial charge in [0.15, 0.2) is 11.4 Å². The van der Waals surface area contributed by atoms with Gasteiger partial charge in [0, 0.05) is 5.69 Å². The van der Waals surface area contributed by atoms with Crippen LogP contribution in [0.25, 0.3) is 0 Å². The number of allylic oxidation sites excluding steroid dienone is 2. The Hall–Kier alpha value is -3.30. The van der Waals surface area contributed by atoms with Gasteiger partial charge in [-0.1, -0.05) is 6.92 Å². The summed E-state index contributed by atoms with van der Waals surface area (Å²) in [5.41, 5.74) is -0.108. The second kappa shape index (κ2) is 6.22. The zero-order chi connectivity index (χ0) is 17.0. The van der Waals surface area contributed by atoms with E-state index in [1.54, 1.807) is 36.4 Å². The number of Topliss-reactive ketones (excluding diaryl/α,β-unsaturated/α-hetero) is 1. The van der Waals surface area contributed by atoms with E-state index in [1.807, 2.05) is 13.8 Å². The van der Waals surface area contributed by atoms with E-state index in [1.165, 1.54) is 0 Å². The minimum absolute atomic E-state index is 0.0393. The maximum Gasteiger partial charge on any atom is 0.170 e. The van der Waals surface area contributed by atoms with E-state index in [0.717, 1.165) is 0 Å². The third kappa shape index (κ3) is 3.15. The Morgan fingerprint density at radius 2 is 2.00 bits per heavy atom. The molecule has 2 rings (SSSR count). The molecule has 1 aromatic rings. The Morgan fingerprint density at radius 3 is 2.57 bits per heavy atom. The number of hydrogen-bond acceptors (Lipinski definition) is 6. The van der Waals surface area contributed by atoms with Crippen LogP contribution in [0.2, 0.25) is 0 Å². The van der Waals surface area contributed by atoms with Crippen molar-refractivity contribution in [3.05, 3.63) is 35.0 Å². The lowest BCUT2D eigenvalue weighted by atomic mass is 9.89. The fourth-order valence-corrected chi connectivity index (χ4v) is 2.28. The van der Waals surface area contributed by atoms with E-state index < -0.39 is 5.60 Å². The number of nitriles is 3. The highest BCUT2D eigenvalue weighted by atomic mass is 16.5. The number of anilines is 1. The average Bonchev–Trinajstić information content (AvgIpc) is 2.55. The molecule has 0 spiro atoms. The van der Waals surface area contributed by atoms with Gasteiger partial charge in [-0.25, -0.2) is 0 Å². The van der Waals surface area contributed by atoms with Gasteiger partial charge in [0.25, 0.3) is 0 Å². The van der Waals surface area contributed by atoms with Crippen molar-refractivity contribution in [3.8, 4) is 24.0 Å². The molecular formula is C17H14N4O2. The van der Waals surface area contributed by atoms with Crippen LogP contribution in [0, 0.1) is 34.0 Å². The third-order valence-corrected chi connectivity index (χ3v) is 3.77. The van der Waals surface area contributed by atoms with E-state index in [2.05, 4.69) is 5.32 Å². The molecule has 1 N–H and O–H groups in total. The summed E-state index contributed by atoms with van der Waals surface area (Å²) in [5.74, 6) is 0.460. The number of carbonyl (C=O) groups excluding carboxylic acids is 1. The Balaban J connectivity index is 2.38. The Bertz CT molecular complexity index is 804. The van der Waals surface area contributed by atoms with Crippen LogP contribution in [-0.4, -0.2) is 11.4 Å². The fourth-order valence-electron chi connectivity index (χ4n) is 2.28. The number of carbonyl (C=O) groups is 1. The lowest BCUT2D eigenvalue weighted by Crippen LogP contribution is -2.38. The van der Waals surface area contributed by atoms with Crippen LogP contribution in [0.5, 0.6) is 5.75 Å². The molecule has 1 heterocycles. The molecule has 0 radical (unpaired) electrons. The van der Waals surface area contributed by atoms with Crippen molar-refractivity contribution in [3.63, 3.8) is 0 Å². The summed E-state index contributed by atoms with van der Waals surface area (Å²) < 4.78 is 5.88. The van der Waals surface area contributed by atoms with Crippen LogP contribution in [0.1, 0.15) is 37.0 Å². The Morgan fingerprint density at radius 1 is 1.30 bits per heavy atom. The first-order valence-electron chi connectivity index (χ1n) is 7.04. The van der Waals surface area contributed by atoms with Gasteiger partial charge in [-0.3, -0.25) is 4.79 Å². The number of rotatable bonds is 3. The first-order valence-corrected chi connectivity index (χ1v) is 7.04. The van der Waals surface area contributed by atoms with Crippen LogP contribution in [-0.2, 0) is 0 Å². The number of ketones is 1. The molecule has 1 atom stereocenters. The van der Waals surface area contributed by atoms with Crippen molar-refractivity contribution in [1.82, 2.24) is 0 Å². The maximum absolute atomic E-state index is 12.3. The molecule has 6 heteroatoms. The molecule has 6 nitrogen and oxygen atoms in total. The third-order valence-electron chi connectivity index (χ3n) is 3.77. The maximum atomic E-state index is 12.3. The first kappa shape index (κ1) is 16.1. The van der Waals surface area contributed by atoms with E-state index >= 15 is 0 Å². The van der Waals surface area contributed by atoms with Gasteiger partial charge >= 0.3 is 0 Å². The summed E-state index contributed by atoms with van der Waals surface area (Å²) in [4.78, 5) is 12.3. The van der Waals surface area contributed by atoms with Gasteiger partial charge < -0.3 is 10.1 Å². The van der Waals surface area contributed by atoms with Crippen molar-refractivity contribution in [1.29, 1.82) is 15.8 Å². The summed E-state index contributed by atoms with van der Waals surface area (Å²) in [5, 5.41) is 29.4. The van der Waals surface area contributed by atoms with Crippen LogP contribution >= 0.6 is 0 Å². The van der Waals surface area contributed by atoms with E-state index in [4.69, 9.17) is 20.5 Å². The minimum Gasteiger partial charge on any atom is -0.486 e. The van der Waals surface area contributed by atoms with Crippen LogP contribution in [0.15, 0.2) is 29.5 Å². The quantitative estimate of drug-likeness (QED) is 0.859. The van der Waals surface area contributed by atoms with Crippen molar-refractivity contribution in [2.45, 2.75) is 32.3 Å². The number of nitrogens with one attached hydrogen (secondary N) is 1. The van der Waals surface area contributed by atoms with Gasteiger partial charge in [-0.05, 0) is 31.5 Å². The zero-order valence-corrected chi connectivity index (χ0v) is 12.8. The molecule has 0 saturated heterocycles. The highest BCUT2D eigenvalue weighted by molar-refractivity contribution is 6.01. The molecule has 0 aromatic heterocycles. The first-order chi connectivity index (χ1) is 11.0. The van der Waals surface area contributed by atoms with Gasteiger partial charge in [-0.15, -0.1) is 0 Å². The summed E-state index contributed by atoms with van der Waals surface area (Å²) in [6.45, 7) is 3.85. The van der Waals surface area contributed by atoms with E-state index in [-0.39, 0.29) is 23.5 Å². The molecule has 0 bridgehead atoms.